The van der Waals surface area contributed by atoms with Crippen LogP contribution < -0.4 is 14.5 Å². The van der Waals surface area contributed by atoms with Crippen molar-refractivity contribution in [3.05, 3.63) is 108 Å². The first-order chi connectivity index (χ1) is 18.5. The summed E-state index contributed by atoms with van der Waals surface area (Å²) in [5, 5.41) is 0. The van der Waals surface area contributed by atoms with E-state index in [2.05, 4.69) is 124 Å². The highest BCUT2D eigenvalue weighted by Gasteiger charge is 2.24. The zero-order valence-corrected chi connectivity index (χ0v) is 24.2. The molecule has 0 aromatic heterocycles. The predicted octanol–water partition coefficient (Wildman–Crippen LogP) is 9.14. The van der Waals surface area contributed by atoms with Gasteiger partial charge in [0, 0.05) is 40.4 Å². The summed E-state index contributed by atoms with van der Waals surface area (Å²) in [5.74, 6) is 0.843. The van der Waals surface area contributed by atoms with Crippen LogP contribution in [0.25, 0.3) is 0 Å². The van der Waals surface area contributed by atoms with Crippen LogP contribution in [-0.2, 0) is 16.6 Å². The molecule has 0 bridgehead atoms. The minimum Gasteiger partial charge on any atom is -0.497 e. The molecule has 0 amide bonds. The van der Waals surface area contributed by atoms with Crippen molar-refractivity contribution in [1.82, 2.24) is 0 Å². The van der Waals surface area contributed by atoms with Crippen LogP contribution in [0.5, 0.6) is 5.75 Å². The standard InChI is InChI=1S/C35H40N2O2/c1-34(2,3)27-9-8-10-32(25-27)36(28-13-11-26(12-14-28)23-24-38)29-15-17-30(18-16-29)37(35(4,5)6)31-19-21-33(39-7)22-20-31/h8-22,24-25H,23H2,1-7H3. The van der Waals surface area contributed by atoms with Gasteiger partial charge in [0.1, 0.15) is 12.0 Å². The number of nitrogens with zero attached hydrogens (tertiary/aromatic N) is 2. The lowest BCUT2D eigenvalue weighted by Crippen LogP contribution is -2.37. The summed E-state index contributed by atoms with van der Waals surface area (Å²) in [5.41, 5.74) is 7.61. The fourth-order valence-corrected chi connectivity index (χ4v) is 4.84. The molecule has 4 nitrogen and oxygen atoms in total. The first kappa shape index (κ1) is 28.0. The topological polar surface area (TPSA) is 32.8 Å². The second kappa shape index (κ2) is 11.4. The molecule has 0 heterocycles. The van der Waals surface area contributed by atoms with Gasteiger partial charge in [0.15, 0.2) is 0 Å². The van der Waals surface area contributed by atoms with Crippen LogP contribution in [0, 0.1) is 0 Å². The van der Waals surface area contributed by atoms with E-state index in [9.17, 15) is 4.79 Å². The lowest BCUT2D eigenvalue weighted by atomic mass is 9.87. The van der Waals surface area contributed by atoms with E-state index in [0.29, 0.717) is 6.42 Å². The lowest BCUT2D eigenvalue weighted by Gasteiger charge is -2.38. The minimum absolute atomic E-state index is 0.0327. The summed E-state index contributed by atoms with van der Waals surface area (Å²) in [4.78, 5) is 15.7. The molecule has 0 N–H and O–H groups in total. The number of anilines is 5. The van der Waals surface area contributed by atoms with Gasteiger partial charge in [-0.3, -0.25) is 0 Å². The number of aldehydes is 1. The van der Waals surface area contributed by atoms with Crippen LogP contribution in [0.3, 0.4) is 0 Å². The molecule has 0 spiro atoms. The number of ether oxygens (including phenoxy) is 1. The third kappa shape index (κ3) is 6.51. The van der Waals surface area contributed by atoms with Gasteiger partial charge in [-0.25, -0.2) is 0 Å². The Morgan fingerprint density at radius 2 is 1.18 bits per heavy atom. The average molecular weight is 521 g/mol. The number of hydrogen-bond donors (Lipinski definition) is 0. The maximum Gasteiger partial charge on any atom is 0.124 e. The highest BCUT2D eigenvalue weighted by atomic mass is 16.5. The molecule has 0 fully saturated rings. The minimum atomic E-state index is -0.134. The first-order valence-corrected chi connectivity index (χ1v) is 13.5. The predicted molar refractivity (Wildman–Crippen MR) is 164 cm³/mol. The van der Waals surface area contributed by atoms with Crippen molar-refractivity contribution >= 4 is 34.7 Å². The van der Waals surface area contributed by atoms with Crippen LogP contribution in [0.2, 0.25) is 0 Å². The Morgan fingerprint density at radius 3 is 1.67 bits per heavy atom. The number of hydrogen-bond acceptors (Lipinski definition) is 4. The van der Waals surface area contributed by atoms with Crippen molar-refractivity contribution in [1.29, 1.82) is 0 Å². The molecule has 0 aliphatic carbocycles. The number of carbonyl (C=O) groups is 1. The smallest absolute Gasteiger partial charge is 0.124 e. The van der Waals surface area contributed by atoms with Crippen LogP contribution in [0.1, 0.15) is 52.7 Å². The van der Waals surface area contributed by atoms with Crippen LogP contribution >= 0.6 is 0 Å². The van der Waals surface area contributed by atoms with Gasteiger partial charge in [0.2, 0.25) is 0 Å². The molecule has 0 unspecified atom stereocenters. The van der Waals surface area contributed by atoms with Crippen molar-refractivity contribution < 1.29 is 9.53 Å². The Kier molecular flexibility index (Phi) is 8.15. The molecule has 0 radical (unpaired) electrons. The summed E-state index contributed by atoms with van der Waals surface area (Å²) in [6.45, 7) is 13.4. The van der Waals surface area contributed by atoms with Crippen molar-refractivity contribution in [2.45, 2.75) is 58.9 Å². The zero-order valence-electron chi connectivity index (χ0n) is 24.2. The average Bonchev–Trinajstić information content (AvgIpc) is 2.90. The molecule has 0 saturated heterocycles. The van der Waals surface area contributed by atoms with Crippen molar-refractivity contribution in [3.63, 3.8) is 0 Å². The lowest BCUT2D eigenvalue weighted by molar-refractivity contribution is -0.107. The maximum absolute atomic E-state index is 11.0. The van der Waals surface area contributed by atoms with Gasteiger partial charge >= 0.3 is 0 Å². The summed E-state index contributed by atoms with van der Waals surface area (Å²) >= 11 is 0. The molecule has 4 aromatic carbocycles. The third-order valence-electron chi connectivity index (χ3n) is 6.85. The van der Waals surface area contributed by atoms with E-state index in [4.69, 9.17) is 4.74 Å². The van der Waals surface area contributed by atoms with Crippen LogP contribution in [0.4, 0.5) is 28.4 Å². The van der Waals surface area contributed by atoms with E-state index in [1.54, 1.807) is 7.11 Å². The van der Waals surface area contributed by atoms with Crippen LogP contribution in [0.15, 0.2) is 97.1 Å². The van der Waals surface area contributed by atoms with Crippen molar-refractivity contribution in [2.75, 3.05) is 16.9 Å². The normalized spacial score (nSPS) is 11.7. The molecule has 4 aromatic rings. The summed E-state index contributed by atoms with van der Waals surface area (Å²) in [6, 6.07) is 33.9. The highest BCUT2D eigenvalue weighted by molar-refractivity contribution is 5.79. The van der Waals surface area contributed by atoms with E-state index in [0.717, 1.165) is 46.0 Å². The van der Waals surface area contributed by atoms with E-state index >= 15 is 0 Å². The van der Waals surface area contributed by atoms with Gasteiger partial charge in [-0.1, -0.05) is 45.0 Å². The highest BCUT2D eigenvalue weighted by Crippen LogP contribution is 2.40. The molecule has 0 atom stereocenters. The quantitative estimate of drug-likeness (QED) is 0.217. The Balaban J connectivity index is 1.78. The number of rotatable bonds is 8. The Hall–Kier alpha value is -4.05. The first-order valence-electron chi connectivity index (χ1n) is 13.5. The van der Waals surface area contributed by atoms with Gasteiger partial charge < -0.3 is 19.3 Å². The molecule has 0 saturated carbocycles. The number of methoxy groups -OCH3 is 1. The van der Waals surface area contributed by atoms with Gasteiger partial charge in [-0.2, -0.15) is 0 Å². The van der Waals surface area contributed by atoms with E-state index in [1.165, 1.54) is 5.56 Å². The molecular formula is C35H40N2O2. The summed E-state index contributed by atoms with van der Waals surface area (Å²) < 4.78 is 5.38. The Bertz CT molecular complexity index is 1380. The molecular weight excluding hydrogens is 480 g/mol. The summed E-state index contributed by atoms with van der Waals surface area (Å²) in [6.07, 6.45) is 1.37. The second-order valence-corrected chi connectivity index (χ2v) is 11.9. The molecule has 0 aliphatic heterocycles. The monoisotopic (exact) mass is 520 g/mol. The third-order valence-corrected chi connectivity index (χ3v) is 6.85. The molecule has 202 valence electrons. The van der Waals surface area contributed by atoms with E-state index in [-0.39, 0.29) is 11.0 Å². The van der Waals surface area contributed by atoms with Gasteiger partial charge in [-0.05, 0) is 110 Å². The number of benzene rings is 4. The fourth-order valence-electron chi connectivity index (χ4n) is 4.84. The molecule has 4 heteroatoms. The van der Waals surface area contributed by atoms with E-state index < -0.39 is 0 Å². The second-order valence-electron chi connectivity index (χ2n) is 11.9. The molecule has 39 heavy (non-hydrogen) atoms. The SMILES string of the molecule is COc1ccc(N(c2ccc(N(c3ccc(CC=O)cc3)c3cccc(C(C)(C)C)c3)cc2)C(C)(C)C)cc1. The van der Waals surface area contributed by atoms with Gasteiger partial charge in [0.25, 0.3) is 0 Å². The maximum atomic E-state index is 11.0. The van der Waals surface area contributed by atoms with Crippen LogP contribution in [-0.4, -0.2) is 18.9 Å². The molecule has 4 rings (SSSR count). The Morgan fingerprint density at radius 1 is 0.667 bits per heavy atom. The number of carbonyl (C=O) groups excluding carboxylic acids is 1. The van der Waals surface area contributed by atoms with Crippen molar-refractivity contribution in [3.8, 4) is 5.75 Å². The van der Waals surface area contributed by atoms with Gasteiger partial charge in [0.05, 0.1) is 7.11 Å². The van der Waals surface area contributed by atoms with Gasteiger partial charge in [-0.15, -0.1) is 0 Å². The largest absolute Gasteiger partial charge is 0.497 e. The van der Waals surface area contributed by atoms with E-state index in [1.807, 2.05) is 24.3 Å². The fraction of sp³-hybridized carbons (Fsp3) is 0.286. The Labute approximate surface area is 233 Å². The van der Waals surface area contributed by atoms with Crippen molar-refractivity contribution in [2.24, 2.45) is 0 Å². The summed E-state index contributed by atoms with van der Waals surface area (Å²) in [7, 11) is 1.69. The molecule has 0 aliphatic rings. The zero-order chi connectivity index (χ0) is 28.2.